The molecular weight excluding hydrogens is 274 g/mol. The molecule has 15 heavy (non-hydrogen) atoms. The number of halogens is 1. The fourth-order valence-electron chi connectivity index (χ4n) is 1.88. The highest BCUT2D eigenvalue weighted by Crippen LogP contribution is 2.25. The number of hydrogen-bond acceptors (Lipinski definition) is 4. The van der Waals surface area contributed by atoms with Crippen molar-refractivity contribution < 1.29 is 0 Å². The van der Waals surface area contributed by atoms with E-state index in [-0.39, 0.29) is 0 Å². The molecule has 2 rings (SSSR count). The van der Waals surface area contributed by atoms with Gasteiger partial charge < -0.3 is 4.90 Å². The Bertz CT molecular complexity index is 315. The summed E-state index contributed by atoms with van der Waals surface area (Å²) < 4.78 is 4.34. The number of aromatic nitrogens is 2. The number of anilines is 1. The van der Waals surface area contributed by atoms with Crippen molar-refractivity contribution in [2.45, 2.75) is 26.2 Å². The summed E-state index contributed by atoms with van der Waals surface area (Å²) in [6, 6.07) is 0. The van der Waals surface area contributed by atoms with Crippen LogP contribution in [0.4, 0.5) is 5.13 Å². The van der Waals surface area contributed by atoms with E-state index in [1.165, 1.54) is 12.8 Å². The van der Waals surface area contributed by atoms with Gasteiger partial charge in [0.25, 0.3) is 0 Å². The maximum atomic E-state index is 4.54. The van der Waals surface area contributed by atoms with Crippen LogP contribution in [0.5, 0.6) is 0 Å². The van der Waals surface area contributed by atoms with E-state index in [9.17, 15) is 0 Å². The Kier molecular flexibility index (Phi) is 3.97. The average molecular weight is 290 g/mol. The average Bonchev–Trinajstić information content (AvgIpc) is 2.78. The smallest absolute Gasteiger partial charge is 0.205 e. The zero-order chi connectivity index (χ0) is 10.7. The Morgan fingerprint density at radius 1 is 1.60 bits per heavy atom. The van der Waals surface area contributed by atoms with Crippen LogP contribution in [0.25, 0.3) is 0 Å². The number of alkyl halides is 1. The lowest BCUT2D eigenvalue weighted by Gasteiger charge is -2.31. The summed E-state index contributed by atoms with van der Waals surface area (Å²) >= 11 is 5.11. The minimum absolute atomic E-state index is 0.771. The van der Waals surface area contributed by atoms with Gasteiger partial charge in [0.05, 0.1) is 0 Å². The first kappa shape index (κ1) is 11.3. The molecule has 1 aromatic rings. The third kappa shape index (κ3) is 2.69. The molecule has 0 aliphatic carbocycles. The first-order valence-electron chi connectivity index (χ1n) is 5.47. The molecule has 3 nitrogen and oxygen atoms in total. The third-order valence-corrected chi connectivity index (χ3v) is 4.51. The normalized spacial score (nSPS) is 22.0. The number of rotatable bonds is 3. The first-order valence-corrected chi connectivity index (χ1v) is 7.36. The lowest BCUT2D eigenvalue weighted by Crippen LogP contribution is -2.35. The lowest BCUT2D eigenvalue weighted by atomic mass is 10.0. The highest BCUT2D eigenvalue weighted by Gasteiger charge is 2.21. The Morgan fingerprint density at radius 2 is 2.47 bits per heavy atom. The molecule has 1 fully saturated rings. The van der Waals surface area contributed by atoms with Gasteiger partial charge in [-0.05, 0) is 18.8 Å². The van der Waals surface area contributed by atoms with Gasteiger partial charge in [0.15, 0.2) is 0 Å². The maximum Gasteiger partial charge on any atom is 0.205 e. The monoisotopic (exact) mass is 289 g/mol. The van der Waals surface area contributed by atoms with E-state index in [1.807, 2.05) is 0 Å². The van der Waals surface area contributed by atoms with Crippen molar-refractivity contribution in [1.29, 1.82) is 0 Å². The predicted octanol–water partition coefficient (Wildman–Crippen LogP) is 2.71. The van der Waals surface area contributed by atoms with Crippen molar-refractivity contribution in [3.8, 4) is 0 Å². The van der Waals surface area contributed by atoms with Crippen molar-refractivity contribution >= 4 is 32.6 Å². The second-order valence-corrected chi connectivity index (χ2v) is 5.33. The van der Waals surface area contributed by atoms with Crippen molar-refractivity contribution in [2.24, 2.45) is 5.92 Å². The van der Waals surface area contributed by atoms with Gasteiger partial charge >= 0.3 is 0 Å². The molecule has 1 aliphatic rings. The zero-order valence-corrected chi connectivity index (χ0v) is 11.4. The van der Waals surface area contributed by atoms with Crippen molar-refractivity contribution in [1.82, 2.24) is 9.36 Å². The predicted molar refractivity (Wildman–Crippen MR) is 68.0 cm³/mol. The molecular formula is C10H16BrN3S. The summed E-state index contributed by atoms with van der Waals surface area (Å²) in [6.45, 7) is 4.37. The van der Waals surface area contributed by atoms with Crippen LogP contribution in [-0.2, 0) is 6.42 Å². The van der Waals surface area contributed by atoms with E-state index in [4.69, 9.17) is 0 Å². The number of piperidine rings is 1. The molecule has 0 spiro atoms. The van der Waals surface area contributed by atoms with E-state index in [0.717, 1.165) is 41.7 Å². The van der Waals surface area contributed by atoms with E-state index in [1.54, 1.807) is 11.5 Å². The second-order valence-electron chi connectivity index (χ2n) is 3.96. The van der Waals surface area contributed by atoms with Crippen LogP contribution in [0.2, 0.25) is 0 Å². The molecule has 5 heteroatoms. The van der Waals surface area contributed by atoms with Crippen LogP contribution < -0.4 is 4.90 Å². The van der Waals surface area contributed by atoms with E-state index in [0.29, 0.717) is 0 Å². The fraction of sp³-hybridized carbons (Fsp3) is 0.800. The zero-order valence-electron chi connectivity index (χ0n) is 8.95. The second kappa shape index (κ2) is 5.25. The van der Waals surface area contributed by atoms with Gasteiger partial charge in [0, 0.05) is 36.4 Å². The molecule has 1 unspecified atom stereocenters. The molecule has 0 aromatic carbocycles. The third-order valence-electron chi connectivity index (χ3n) is 2.78. The number of nitrogens with zero attached hydrogens (tertiary/aromatic N) is 3. The SMILES string of the molecule is CCc1nsc(N2CCCC(CBr)C2)n1. The number of aryl methyl sites for hydroxylation is 1. The van der Waals surface area contributed by atoms with Crippen LogP contribution in [0.3, 0.4) is 0 Å². The molecule has 0 radical (unpaired) electrons. The topological polar surface area (TPSA) is 29.0 Å². The van der Waals surface area contributed by atoms with Crippen molar-refractivity contribution in [3.63, 3.8) is 0 Å². The van der Waals surface area contributed by atoms with Gasteiger partial charge in [-0.25, -0.2) is 4.98 Å². The highest BCUT2D eigenvalue weighted by atomic mass is 79.9. The highest BCUT2D eigenvalue weighted by molar-refractivity contribution is 9.09. The summed E-state index contributed by atoms with van der Waals surface area (Å²) in [5, 5.41) is 2.21. The van der Waals surface area contributed by atoms with Crippen LogP contribution in [0, 0.1) is 5.92 Å². The molecule has 0 N–H and O–H groups in total. The van der Waals surface area contributed by atoms with Crippen LogP contribution >= 0.6 is 27.5 Å². The summed E-state index contributed by atoms with van der Waals surface area (Å²) in [7, 11) is 0. The van der Waals surface area contributed by atoms with Crippen LogP contribution in [0.1, 0.15) is 25.6 Å². The Labute approximate surface area is 103 Å². The Hall–Kier alpha value is -0.160. The maximum absolute atomic E-state index is 4.54. The van der Waals surface area contributed by atoms with Gasteiger partial charge in [0.2, 0.25) is 5.13 Å². The minimum atomic E-state index is 0.771. The summed E-state index contributed by atoms with van der Waals surface area (Å²) in [5.74, 6) is 1.75. The largest absolute Gasteiger partial charge is 0.347 e. The fourth-order valence-corrected chi connectivity index (χ4v) is 3.19. The first-order chi connectivity index (χ1) is 7.33. The van der Waals surface area contributed by atoms with Gasteiger partial charge in [0.1, 0.15) is 5.82 Å². The van der Waals surface area contributed by atoms with E-state index >= 15 is 0 Å². The van der Waals surface area contributed by atoms with Gasteiger partial charge in [-0.15, -0.1) is 0 Å². The standard InChI is InChI=1S/C10H16BrN3S/c1-2-9-12-10(15-13-9)14-5-3-4-8(6-11)7-14/h8H,2-7H2,1H3. The summed E-state index contributed by atoms with van der Waals surface area (Å²) in [4.78, 5) is 6.92. The van der Waals surface area contributed by atoms with Crippen molar-refractivity contribution in [2.75, 3.05) is 23.3 Å². The Balaban J connectivity index is 2.03. The molecule has 0 bridgehead atoms. The molecule has 2 heterocycles. The van der Waals surface area contributed by atoms with Gasteiger partial charge in [-0.3, -0.25) is 0 Å². The summed E-state index contributed by atoms with van der Waals surface area (Å²) in [6.07, 6.45) is 3.55. The molecule has 0 amide bonds. The van der Waals surface area contributed by atoms with E-state index < -0.39 is 0 Å². The molecule has 1 aromatic heterocycles. The molecule has 1 saturated heterocycles. The number of hydrogen-bond donors (Lipinski definition) is 0. The lowest BCUT2D eigenvalue weighted by molar-refractivity contribution is 0.454. The van der Waals surface area contributed by atoms with Gasteiger partial charge in [-0.2, -0.15) is 4.37 Å². The molecule has 1 atom stereocenters. The van der Waals surface area contributed by atoms with Crippen LogP contribution in [0.15, 0.2) is 0 Å². The molecule has 0 saturated carbocycles. The molecule has 1 aliphatic heterocycles. The van der Waals surface area contributed by atoms with Gasteiger partial charge in [-0.1, -0.05) is 22.9 Å². The molecule has 84 valence electrons. The van der Waals surface area contributed by atoms with E-state index in [2.05, 4.69) is 37.1 Å². The minimum Gasteiger partial charge on any atom is -0.347 e. The quantitative estimate of drug-likeness (QED) is 0.802. The van der Waals surface area contributed by atoms with Crippen LogP contribution in [-0.4, -0.2) is 27.8 Å². The van der Waals surface area contributed by atoms with Crippen molar-refractivity contribution in [3.05, 3.63) is 5.82 Å². The Morgan fingerprint density at radius 3 is 3.13 bits per heavy atom. The summed E-state index contributed by atoms with van der Waals surface area (Å²) in [5.41, 5.74) is 0.